The summed E-state index contributed by atoms with van der Waals surface area (Å²) in [5, 5.41) is 2.07. The molecular weight excluding hydrogens is 383 g/mol. The number of methoxy groups -OCH3 is 1. The van der Waals surface area contributed by atoms with Crippen LogP contribution in [0.1, 0.15) is 33.2 Å². The molecule has 0 spiro atoms. The van der Waals surface area contributed by atoms with Crippen LogP contribution in [-0.2, 0) is 19.1 Å². The van der Waals surface area contributed by atoms with Gasteiger partial charge >= 0.3 is 6.18 Å². The van der Waals surface area contributed by atoms with E-state index >= 15 is 0 Å². The molecule has 1 aliphatic heterocycles. The van der Waals surface area contributed by atoms with E-state index in [0.29, 0.717) is 0 Å². The zero-order valence-corrected chi connectivity index (χ0v) is 16.2. The van der Waals surface area contributed by atoms with Gasteiger partial charge in [0.15, 0.2) is 0 Å². The summed E-state index contributed by atoms with van der Waals surface area (Å²) in [6.07, 6.45) is -3.36. The minimum atomic E-state index is -4.32. The van der Waals surface area contributed by atoms with E-state index in [1.165, 1.54) is 22.6 Å². The van der Waals surface area contributed by atoms with Crippen LogP contribution < -0.4 is 4.74 Å². The zero-order valence-electron chi connectivity index (χ0n) is 15.4. The molecule has 0 aliphatic carbocycles. The minimum Gasteiger partial charge on any atom is -0.497 e. The standard InChI is InChI=1S/C22H20F3NOS/c1-27-18-8-2-15(3-9-18)14-26-12-10-20-19(11-13-28-20)21(26)16-4-6-17(7-5-16)22(23,24)25/h2-9,11,13,21H,10,12,14H2,1H3. The Morgan fingerprint density at radius 2 is 1.75 bits per heavy atom. The Morgan fingerprint density at radius 1 is 1.04 bits per heavy atom. The van der Waals surface area contributed by atoms with Gasteiger partial charge in [-0.3, -0.25) is 4.90 Å². The van der Waals surface area contributed by atoms with E-state index in [4.69, 9.17) is 4.74 Å². The summed E-state index contributed by atoms with van der Waals surface area (Å²) >= 11 is 1.72. The Hall–Kier alpha value is -2.31. The fraction of sp³-hybridized carbons (Fsp3) is 0.273. The van der Waals surface area contributed by atoms with Crippen molar-refractivity contribution in [1.29, 1.82) is 0 Å². The molecule has 2 aromatic carbocycles. The molecule has 0 N–H and O–H groups in total. The monoisotopic (exact) mass is 403 g/mol. The van der Waals surface area contributed by atoms with Crippen molar-refractivity contribution in [3.05, 3.63) is 87.1 Å². The summed E-state index contributed by atoms with van der Waals surface area (Å²) in [6.45, 7) is 1.59. The first-order chi connectivity index (χ1) is 13.5. The van der Waals surface area contributed by atoms with Crippen molar-refractivity contribution in [1.82, 2.24) is 4.90 Å². The quantitative estimate of drug-likeness (QED) is 0.536. The molecule has 6 heteroatoms. The number of alkyl halides is 3. The normalized spacial score (nSPS) is 17.4. The number of nitrogens with zero attached hydrogens (tertiary/aromatic N) is 1. The Bertz CT molecular complexity index is 932. The number of ether oxygens (including phenoxy) is 1. The second kappa shape index (κ2) is 7.60. The largest absolute Gasteiger partial charge is 0.497 e. The van der Waals surface area contributed by atoms with Crippen molar-refractivity contribution in [3.63, 3.8) is 0 Å². The maximum absolute atomic E-state index is 13.0. The molecule has 0 saturated heterocycles. The van der Waals surface area contributed by atoms with Crippen molar-refractivity contribution in [2.45, 2.75) is 25.2 Å². The van der Waals surface area contributed by atoms with Gasteiger partial charge in [-0.2, -0.15) is 13.2 Å². The Balaban J connectivity index is 1.65. The minimum absolute atomic E-state index is 0.0422. The average molecular weight is 403 g/mol. The maximum Gasteiger partial charge on any atom is 0.416 e. The van der Waals surface area contributed by atoms with Gasteiger partial charge in [-0.15, -0.1) is 11.3 Å². The predicted molar refractivity (Wildman–Crippen MR) is 105 cm³/mol. The second-order valence-electron chi connectivity index (χ2n) is 6.89. The lowest BCUT2D eigenvalue weighted by Gasteiger charge is -2.36. The SMILES string of the molecule is COc1ccc(CN2CCc3sccc3C2c2ccc(C(F)(F)F)cc2)cc1. The van der Waals surface area contributed by atoms with E-state index in [-0.39, 0.29) is 6.04 Å². The van der Waals surface area contributed by atoms with E-state index in [1.54, 1.807) is 30.6 Å². The van der Waals surface area contributed by atoms with E-state index in [1.807, 2.05) is 24.3 Å². The fourth-order valence-electron chi connectivity index (χ4n) is 3.75. The highest BCUT2D eigenvalue weighted by atomic mass is 32.1. The van der Waals surface area contributed by atoms with Crippen LogP contribution in [0, 0.1) is 0 Å². The zero-order chi connectivity index (χ0) is 19.7. The number of thiophene rings is 1. The number of benzene rings is 2. The third-order valence-electron chi connectivity index (χ3n) is 5.16. The van der Waals surface area contributed by atoms with E-state index in [2.05, 4.69) is 16.3 Å². The summed E-state index contributed by atoms with van der Waals surface area (Å²) in [5.74, 6) is 0.807. The van der Waals surface area contributed by atoms with Gasteiger partial charge in [0.05, 0.1) is 18.7 Å². The Kier molecular flexibility index (Phi) is 5.17. The molecular formula is C22H20F3NOS. The van der Waals surface area contributed by atoms with Gasteiger partial charge in [0, 0.05) is 18.0 Å². The number of hydrogen-bond donors (Lipinski definition) is 0. The highest BCUT2D eigenvalue weighted by Gasteiger charge is 2.32. The van der Waals surface area contributed by atoms with Crippen molar-refractivity contribution in [2.24, 2.45) is 0 Å². The summed E-state index contributed by atoms with van der Waals surface area (Å²) in [6, 6.07) is 15.6. The molecule has 1 unspecified atom stereocenters. The van der Waals surface area contributed by atoms with Crippen molar-refractivity contribution in [3.8, 4) is 5.75 Å². The first kappa shape index (κ1) is 19.0. The third-order valence-corrected chi connectivity index (χ3v) is 6.16. The first-order valence-electron chi connectivity index (χ1n) is 9.06. The van der Waals surface area contributed by atoms with Gasteiger partial charge < -0.3 is 4.74 Å². The summed E-state index contributed by atoms with van der Waals surface area (Å²) in [7, 11) is 1.64. The molecule has 28 heavy (non-hydrogen) atoms. The summed E-state index contributed by atoms with van der Waals surface area (Å²) < 4.78 is 44.1. The van der Waals surface area contributed by atoms with Crippen LogP contribution in [0.4, 0.5) is 13.2 Å². The summed E-state index contributed by atoms with van der Waals surface area (Å²) in [4.78, 5) is 3.65. The van der Waals surface area contributed by atoms with Crippen LogP contribution in [0.15, 0.2) is 60.0 Å². The van der Waals surface area contributed by atoms with Gasteiger partial charge in [0.1, 0.15) is 5.75 Å². The van der Waals surface area contributed by atoms with E-state index < -0.39 is 11.7 Å². The maximum atomic E-state index is 13.0. The average Bonchev–Trinajstić information content (AvgIpc) is 3.16. The molecule has 0 amide bonds. The van der Waals surface area contributed by atoms with Crippen molar-refractivity contribution < 1.29 is 17.9 Å². The van der Waals surface area contributed by atoms with E-state index in [0.717, 1.165) is 36.4 Å². The molecule has 0 saturated carbocycles. The predicted octanol–water partition coefficient (Wildman–Crippen LogP) is 5.92. The van der Waals surface area contributed by atoms with Gasteiger partial charge in [0.2, 0.25) is 0 Å². The molecule has 146 valence electrons. The van der Waals surface area contributed by atoms with Crippen LogP contribution in [0.25, 0.3) is 0 Å². The van der Waals surface area contributed by atoms with Gasteiger partial charge in [-0.25, -0.2) is 0 Å². The number of rotatable bonds is 4. The number of fused-ring (bicyclic) bond motifs is 1. The van der Waals surface area contributed by atoms with Crippen LogP contribution in [0.5, 0.6) is 5.75 Å². The van der Waals surface area contributed by atoms with Crippen LogP contribution >= 0.6 is 11.3 Å². The molecule has 0 bridgehead atoms. The fourth-order valence-corrected chi connectivity index (χ4v) is 4.65. The lowest BCUT2D eigenvalue weighted by molar-refractivity contribution is -0.137. The molecule has 1 atom stereocenters. The molecule has 1 aromatic heterocycles. The highest BCUT2D eigenvalue weighted by molar-refractivity contribution is 7.10. The molecule has 0 fully saturated rings. The van der Waals surface area contributed by atoms with Gasteiger partial charge in [-0.1, -0.05) is 24.3 Å². The molecule has 4 rings (SSSR count). The Morgan fingerprint density at radius 3 is 2.39 bits per heavy atom. The van der Waals surface area contributed by atoms with Crippen molar-refractivity contribution >= 4 is 11.3 Å². The van der Waals surface area contributed by atoms with Crippen LogP contribution in [0.2, 0.25) is 0 Å². The van der Waals surface area contributed by atoms with Crippen molar-refractivity contribution in [2.75, 3.05) is 13.7 Å². The first-order valence-corrected chi connectivity index (χ1v) is 9.94. The summed E-state index contributed by atoms with van der Waals surface area (Å²) in [5.41, 5.74) is 2.63. The lowest BCUT2D eigenvalue weighted by Crippen LogP contribution is -2.35. The smallest absolute Gasteiger partial charge is 0.416 e. The number of hydrogen-bond acceptors (Lipinski definition) is 3. The molecule has 2 heterocycles. The van der Waals surface area contributed by atoms with Crippen LogP contribution in [0.3, 0.4) is 0 Å². The molecule has 3 aromatic rings. The Labute approximate surface area is 166 Å². The molecule has 2 nitrogen and oxygen atoms in total. The third kappa shape index (κ3) is 3.80. The topological polar surface area (TPSA) is 12.5 Å². The van der Waals surface area contributed by atoms with Crippen LogP contribution in [-0.4, -0.2) is 18.6 Å². The molecule has 1 aliphatic rings. The lowest BCUT2D eigenvalue weighted by atomic mass is 9.92. The molecule has 0 radical (unpaired) electrons. The highest BCUT2D eigenvalue weighted by Crippen LogP contribution is 2.39. The second-order valence-corrected chi connectivity index (χ2v) is 7.89. The van der Waals surface area contributed by atoms with E-state index in [9.17, 15) is 13.2 Å². The number of halogens is 3. The van der Waals surface area contributed by atoms with Gasteiger partial charge in [0.25, 0.3) is 0 Å². The van der Waals surface area contributed by atoms with Gasteiger partial charge in [-0.05, 0) is 58.8 Å².